The number of hydrogen-bond acceptors (Lipinski definition) is 5. The van der Waals surface area contributed by atoms with Crippen LogP contribution in [0.3, 0.4) is 0 Å². The molecule has 0 aliphatic heterocycles. The van der Waals surface area contributed by atoms with E-state index in [9.17, 15) is 0 Å². The zero-order valence-electron chi connectivity index (χ0n) is 11.1. The van der Waals surface area contributed by atoms with Crippen LogP contribution < -0.4 is 5.32 Å². The fourth-order valence-electron chi connectivity index (χ4n) is 1.84. The summed E-state index contributed by atoms with van der Waals surface area (Å²) < 4.78 is 10.6. The molecular formula is C13H19N3O2. The van der Waals surface area contributed by atoms with Crippen LogP contribution in [0.2, 0.25) is 0 Å². The Bertz CT molecular complexity index is 490. The van der Waals surface area contributed by atoms with Crippen LogP contribution in [0.5, 0.6) is 0 Å². The summed E-state index contributed by atoms with van der Waals surface area (Å²) in [4.78, 5) is 4.35. The van der Waals surface area contributed by atoms with Gasteiger partial charge >= 0.3 is 0 Å². The lowest BCUT2D eigenvalue weighted by Gasteiger charge is -2.09. The van der Waals surface area contributed by atoms with Gasteiger partial charge in [0.25, 0.3) is 0 Å². The highest BCUT2D eigenvalue weighted by molar-refractivity contribution is 5.50. The van der Waals surface area contributed by atoms with Gasteiger partial charge in [0.15, 0.2) is 5.76 Å². The van der Waals surface area contributed by atoms with E-state index in [2.05, 4.69) is 29.3 Å². The summed E-state index contributed by atoms with van der Waals surface area (Å²) in [6.07, 6.45) is 3.39. The van der Waals surface area contributed by atoms with Crippen molar-refractivity contribution in [3.63, 3.8) is 0 Å². The Balaban J connectivity index is 1.97. The third-order valence-corrected chi connectivity index (χ3v) is 2.88. The van der Waals surface area contributed by atoms with Crippen LogP contribution in [-0.4, -0.2) is 22.7 Å². The molecule has 2 heterocycles. The maximum atomic E-state index is 5.33. The second-order valence-corrected chi connectivity index (χ2v) is 4.44. The first kappa shape index (κ1) is 12.8. The molecule has 2 aromatic rings. The highest BCUT2D eigenvalue weighted by Crippen LogP contribution is 2.21. The van der Waals surface area contributed by atoms with Gasteiger partial charge in [-0.15, -0.1) is 0 Å². The van der Waals surface area contributed by atoms with Gasteiger partial charge in [-0.2, -0.15) is 4.98 Å². The molecule has 5 nitrogen and oxygen atoms in total. The Morgan fingerprint density at radius 2 is 2.28 bits per heavy atom. The molecule has 18 heavy (non-hydrogen) atoms. The second-order valence-electron chi connectivity index (χ2n) is 4.44. The Morgan fingerprint density at radius 1 is 1.44 bits per heavy atom. The SMILES string of the molecule is CCNC(C)CCc1nc(-c2occc2C)no1. The number of aryl methyl sites for hydroxylation is 2. The van der Waals surface area contributed by atoms with Crippen molar-refractivity contribution in [1.82, 2.24) is 15.5 Å². The van der Waals surface area contributed by atoms with Crippen molar-refractivity contribution in [3.8, 4) is 11.6 Å². The molecular weight excluding hydrogens is 230 g/mol. The fraction of sp³-hybridized carbons (Fsp3) is 0.538. The first-order valence-corrected chi connectivity index (χ1v) is 6.31. The number of nitrogens with one attached hydrogen (secondary N) is 1. The third-order valence-electron chi connectivity index (χ3n) is 2.88. The molecule has 0 spiro atoms. The predicted molar refractivity (Wildman–Crippen MR) is 68.2 cm³/mol. The van der Waals surface area contributed by atoms with Gasteiger partial charge in [-0.25, -0.2) is 0 Å². The molecule has 2 aromatic heterocycles. The molecule has 1 N–H and O–H groups in total. The van der Waals surface area contributed by atoms with E-state index in [0.717, 1.165) is 24.9 Å². The van der Waals surface area contributed by atoms with E-state index in [-0.39, 0.29) is 0 Å². The van der Waals surface area contributed by atoms with Gasteiger partial charge in [0.1, 0.15) is 0 Å². The van der Waals surface area contributed by atoms with Crippen molar-refractivity contribution >= 4 is 0 Å². The molecule has 1 atom stereocenters. The molecule has 0 aliphatic carbocycles. The maximum Gasteiger partial charge on any atom is 0.238 e. The van der Waals surface area contributed by atoms with Crippen molar-refractivity contribution < 1.29 is 8.94 Å². The lowest BCUT2D eigenvalue weighted by molar-refractivity contribution is 0.367. The van der Waals surface area contributed by atoms with Crippen LogP contribution in [0.25, 0.3) is 11.6 Å². The molecule has 0 amide bonds. The van der Waals surface area contributed by atoms with Crippen LogP contribution >= 0.6 is 0 Å². The summed E-state index contributed by atoms with van der Waals surface area (Å²) in [6.45, 7) is 7.18. The number of rotatable bonds is 6. The van der Waals surface area contributed by atoms with Gasteiger partial charge in [-0.05, 0) is 38.4 Å². The largest absolute Gasteiger partial charge is 0.461 e. The van der Waals surface area contributed by atoms with Crippen molar-refractivity contribution in [3.05, 3.63) is 23.8 Å². The summed E-state index contributed by atoms with van der Waals surface area (Å²) in [6, 6.07) is 2.34. The molecule has 0 fully saturated rings. The van der Waals surface area contributed by atoms with Crippen molar-refractivity contribution in [2.75, 3.05) is 6.54 Å². The first-order chi connectivity index (χ1) is 8.70. The minimum atomic E-state index is 0.454. The van der Waals surface area contributed by atoms with Crippen molar-refractivity contribution in [1.29, 1.82) is 0 Å². The molecule has 1 unspecified atom stereocenters. The van der Waals surface area contributed by atoms with E-state index in [1.807, 2.05) is 13.0 Å². The summed E-state index contributed by atoms with van der Waals surface area (Å²) in [5.41, 5.74) is 1.02. The van der Waals surface area contributed by atoms with Crippen LogP contribution in [0, 0.1) is 6.92 Å². The van der Waals surface area contributed by atoms with Crippen LogP contribution in [-0.2, 0) is 6.42 Å². The standard InChI is InChI=1S/C13H19N3O2/c1-4-14-10(3)5-6-11-15-13(16-18-11)12-9(2)7-8-17-12/h7-8,10,14H,4-6H2,1-3H3. The topological polar surface area (TPSA) is 64.1 Å². The quantitative estimate of drug-likeness (QED) is 0.852. The monoisotopic (exact) mass is 249 g/mol. The minimum Gasteiger partial charge on any atom is -0.461 e. The number of hydrogen-bond donors (Lipinski definition) is 1. The highest BCUT2D eigenvalue weighted by Gasteiger charge is 2.14. The van der Waals surface area contributed by atoms with E-state index in [1.165, 1.54) is 0 Å². The Hall–Kier alpha value is -1.62. The lowest BCUT2D eigenvalue weighted by Crippen LogP contribution is -2.25. The van der Waals surface area contributed by atoms with Crippen molar-refractivity contribution in [2.24, 2.45) is 0 Å². The lowest BCUT2D eigenvalue weighted by atomic mass is 10.2. The van der Waals surface area contributed by atoms with Gasteiger partial charge in [-0.3, -0.25) is 0 Å². The minimum absolute atomic E-state index is 0.454. The van der Waals surface area contributed by atoms with E-state index >= 15 is 0 Å². The molecule has 5 heteroatoms. The van der Waals surface area contributed by atoms with Gasteiger partial charge in [-0.1, -0.05) is 12.1 Å². The fourth-order valence-corrected chi connectivity index (χ4v) is 1.84. The smallest absolute Gasteiger partial charge is 0.238 e. The Kier molecular flexibility index (Phi) is 4.15. The van der Waals surface area contributed by atoms with E-state index < -0.39 is 0 Å². The van der Waals surface area contributed by atoms with Crippen molar-refractivity contribution in [2.45, 2.75) is 39.7 Å². The normalized spacial score (nSPS) is 12.8. The summed E-state index contributed by atoms with van der Waals surface area (Å²) in [7, 11) is 0. The summed E-state index contributed by atoms with van der Waals surface area (Å²) >= 11 is 0. The summed E-state index contributed by atoms with van der Waals surface area (Å²) in [5, 5.41) is 7.29. The molecule has 98 valence electrons. The number of furan rings is 1. The molecule has 0 aromatic carbocycles. The molecule has 0 aliphatic rings. The zero-order valence-corrected chi connectivity index (χ0v) is 11.1. The second kappa shape index (κ2) is 5.82. The first-order valence-electron chi connectivity index (χ1n) is 6.31. The average Bonchev–Trinajstić information content (AvgIpc) is 2.95. The Labute approximate surface area is 107 Å². The Morgan fingerprint density at radius 3 is 2.94 bits per heavy atom. The van der Waals surface area contributed by atoms with Gasteiger partial charge in [0.05, 0.1) is 6.26 Å². The molecule has 0 saturated heterocycles. The van der Waals surface area contributed by atoms with E-state index in [4.69, 9.17) is 8.94 Å². The number of nitrogens with zero attached hydrogens (tertiary/aromatic N) is 2. The molecule has 0 saturated carbocycles. The van der Waals surface area contributed by atoms with E-state index in [1.54, 1.807) is 6.26 Å². The molecule has 2 rings (SSSR count). The maximum absolute atomic E-state index is 5.33. The highest BCUT2D eigenvalue weighted by atomic mass is 16.5. The van der Waals surface area contributed by atoms with Gasteiger partial charge in [0, 0.05) is 12.5 Å². The molecule has 0 bridgehead atoms. The van der Waals surface area contributed by atoms with Crippen LogP contribution in [0.15, 0.2) is 21.3 Å². The third kappa shape index (κ3) is 2.98. The predicted octanol–water partition coefficient (Wildman–Crippen LogP) is 2.57. The van der Waals surface area contributed by atoms with Crippen LogP contribution in [0.4, 0.5) is 0 Å². The zero-order chi connectivity index (χ0) is 13.0. The average molecular weight is 249 g/mol. The van der Waals surface area contributed by atoms with Crippen LogP contribution in [0.1, 0.15) is 31.7 Å². The molecule has 0 radical (unpaired) electrons. The van der Waals surface area contributed by atoms with Gasteiger partial charge < -0.3 is 14.3 Å². The summed E-state index contributed by atoms with van der Waals surface area (Å²) in [5.74, 6) is 1.87. The van der Waals surface area contributed by atoms with Gasteiger partial charge in [0.2, 0.25) is 11.7 Å². The van der Waals surface area contributed by atoms with E-state index in [0.29, 0.717) is 23.5 Å². The number of aromatic nitrogens is 2.